The molecule has 3 rings (SSSR count). The van der Waals surface area contributed by atoms with Gasteiger partial charge in [-0.2, -0.15) is 0 Å². The zero-order valence-corrected chi connectivity index (χ0v) is 17.9. The second-order valence-corrected chi connectivity index (χ2v) is 7.83. The minimum Gasteiger partial charge on any atom is -0.342 e. The molecule has 0 saturated carbocycles. The Morgan fingerprint density at radius 1 is 1.12 bits per heavy atom. The highest BCUT2D eigenvalue weighted by Crippen LogP contribution is 2.19. The molecule has 4 N–H and O–H groups in total. The van der Waals surface area contributed by atoms with Gasteiger partial charge in [0, 0.05) is 17.9 Å². The highest BCUT2D eigenvalue weighted by atomic mass is 16.3. The Kier molecular flexibility index (Phi) is 7.67. The normalized spacial score (nSPS) is 17.3. The summed E-state index contributed by atoms with van der Waals surface area (Å²) in [7, 11) is 0. The average Bonchev–Trinajstić information content (AvgIpc) is 3.30. The summed E-state index contributed by atoms with van der Waals surface area (Å²) in [5.41, 5.74) is 6.90. The predicted octanol–water partition coefficient (Wildman–Crippen LogP) is -0.153. The summed E-state index contributed by atoms with van der Waals surface area (Å²) >= 11 is 0. The van der Waals surface area contributed by atoms with Crippen LogP contribution in [0.4, 0.5) is 5.69 Å². The second-order valence-electron chi connectivity index (χ2n) is 7.83. The fourth-order valence-corrected chi connectivity index (χ4v) is 3.84. The number of para-hydroxylation sites is 1. The van der Waals surface area contributed by atoms with Crippen molar-refractivity contribution in [3.63, 3.8) is 0 Å². The van der Waals surface area contributed by atoms with Crippen LogP contribution in [0, 0.1) is 4.91 Å². The van der Waals surface area contributed by atoms with E-state index >= 15 is 0 Å². The fraction of sp³-hybridized carbons (Fsp3) is 0.348. The number of nitrogens with zero attached hydrogens (tertiary/aromatic N) is 2. The van der Waals surface area contributed by atoms with Crippen LogP contribution < -0.4 is 21.3 Å². The van der Waals surface area contributed by atoms with Crippen LogP contribution in [0.5, 0.6) is 0 Å². The van der Waals surface area contributed by atoms with E-state index in [1.165, 1.54) is 4.90 Å². The van der Waals surface area contributed by atoms with Gasteiger partial charge in [-0.1, -0.05) is 48.5 Å². The number of amides is 3. The van der Waals surface area contributed by atoms with Crippen LogP contribution in [0.2, 0.25) is 0 Å². The molecule has 9 heteroatoms. The molecule has 168 valence electrons. The molecule has 0 bridgehead atoms. The molecule has 3 atom stereocenters. The first-order valence-corrected chi connectivity index (χ1v) is 10.6. The van der Waals surface area contributed by atoms with Gasteiger partial charge in [0.25, 0.3) is 0 Å². The topological polar surface area (TPSA) is 127 Å². The smallest absolute Gasteiger partial charge is 0.310 e. The van der Waals surface area contributed by atoms with E-state index in [4.69, 9.17) is 5.73 Å². The van der Waals surface area contributed by atoms with Crippen molar-refractivity contribution < 1.29 is 19.7 Å². The van der Waals surface area contributed by atoms with Gasteiger partial charge in [-0.3, -0.25) is 14.4 Å². The Labute approximate surface area is 186 Å². The maximum Gasteiger partial charge on any atom is 0.310 e. The van der Waals surface area contributed by atoms with Crippen LogP contribution in [0.1, 0.15) is 25.3 Å². The second kappa shape index (κ2) is 10.6. The number of nitrogens with two attached hydrogens (primary N) is 1. The van der Waals surface area contributed by atoms with Crippen LogP contribution in [-0.4, -0.2) is 47.3 Å². The first-order valence-electron chi connectivity index (χ1n) is 10.6. The Hall–Kier alpha value is -3.59. The SMILES string of the molecule is C[C@H](N)C(=O)N1CCC[C@H]1C(=O)N[C@@H](Cc1ccccc1)C(=O)N([NH+]=O)c1ccccc1. The number of carbonyl (C=O) groups excluding carboxylic acids is 3. The monoisotopic (exact) mass is 438 g/mol. The predicted molar refractivity (Wildman–Crippen MR) is 119 cm³/mol. The van der Waals surface area contributed by atoms with Gasteiger partial charge in [0.15, 0.2) is 0 Å². The number of nitroso groups, excluding NO2 is 1. The molecule has 2 aromatic rings. The first-order chi connectivity index (χ1) is 15.4. The van der Waals surface area contributed by atoms with E-state index in [9.17, 15) is 19.3 Å². The molecule has 1 saturated heterocycles. The third-order valence-electron chi connectivity index (χ3n) is 5.45. The fourth-order valence-electron chi connectivity index (χ4n) is 3.84. The van der Waals surface area contributed by atoms with Crippen molar-refractivity contribution in [2.45, 2.75) is 44.3 Å². The third-order valence-corrected chi connectivity index (χ3v) is 5.45. The van der Waals surface area contributed by atoms with E-state index in [-0.39, 0.29) is 12.3 Å². The molecule has 9 nitrogen and oxygen atoms in total. The van der Waals surface area contributed by atoms with Crippen LogP contribution in [0.3, 0.4) is 0 Å². The minimum atomic E-state index is -1.01. The number of carbonyl (C=O) groups is 3. The van der Waals surface area contributed by atoms with Crippen molar-refractivity contribution >= 4 is 23.4 Å². The van der Waals surface area contributed by atoms with Gasteiger partial charge in [0.05, 0.1) is 6.04 Å². The molecule has 1 aliphatic heterocycles. The number of nitrogens with one attached hydrogen (secondary N) is 2. The number of hydrogen-bond donors (Lipinski definition) is 3. The molecule has 1 fully saturated rings. The van der Waals surface area contributed by atoms with Crippen molar-refractivity contribution in [2.24, 2.45) is 5.73 Å². The summed E-state index contributed by atoms with van der Waals surface area (Å²) in [4.78, 5) is 52.0. The molecule has 2 aromatic carbocycles. The van der Waals surface area contributed by atoms with Crippen molar-refractivity contribution in [3.05, 3.63) is 71.1 Å². The summed E-state index contributed by atoms with van der Waals surface area (Å²) in [5, 5.41) is 5.31. The van der Waals surface area contributed by atoms with Gasteiger partial charge >= 0.3 is 5.91 Å². The summed E-state index contributed by atoms with van der Waals surface area (Å²) < 4.78 is 0. The van der Waals surface area contributed by atoms with Crippen molar-refractivity contribution in [2.75, 3.05) is 11.6 Å². The maximum absolute atomic E-state index is 13.3. The first kappa shape index (κ1) is 23.1. The van der Waals surface area contributed by atoms with Crippen LogP contribution in [0.15, 0.2) is 60.7 Å². The highest BCUT2D eigenvalue weighted by Gasteiger charge is 2.38. The van der Waals surface area contributed by atoms with Crippen LogP contribution >= 0.6 is 0 Å². The molecular formula is C23H28N5O4+. The summed E-state index contributed by atoms with van der Waals surface area (Å²) in [6, 6.07) is 15.2. The van der Waals surface area contributed by atoms with Gasteiger partial charge in [-0.05, 0) is 42.5 Å². The standard InChI is InChI=1S/C23H27N5O4/c1-16(24)22(30)27-14-8-13-20(27)21(29)25-19(15-17-9-4-2-5-10-17)23(31)28(26-32)18-11-6-3-7-12-18/h2-7,9-12,16,19-20H,8,13-15,24H2,1H3,(H,25,29)/p+1/t16-,19-,20-/m0/s1. The zero-order chi connectivity index (χ0) is 23.1. The third kappa shape index (κ3) is 5.36. The number of hydrogen-bond acceptors (Lipinski definition) is 5. The lowest BCUT2D eigenvalue weighted by atomic mass is 10.0. The maximum atomic E-state index is 13.3. The number of benzene rings is 2. The Bertz CT molecular complexity index is 951. The quantitative estimate of drug-likeness (QED) is 0.494. The molecule has 0 unspecified atom stereocenters. The molecule has 3 amide bonds. The van der Waals surface area contributed by atoms with Gasteiger partial charge < -0.3 is 16.0 Å². The van der Waals surface area contributed by atoms with Gasteiger partial charge in [0.2, 0.25) is 11.8 Å². The molecule has 0 aromatic heterocycles. The number of rotatable bonds is 8. The Morgan fingerprint density at radius 2 is 1.75 bits per heavy atom. The van der Waals surface area contributed by atoms with Crippen LogP contribution in [0.25, 0.3) is 0 Å². The lowest BCUT2D eigenvalue weighted by Gasteiger charge is -2.27. The molecule has 32 heavy (non-hydrogen) atoms. The minimum absolute atomic E-state index is 0.185. The van der Waals surface area contributed by atoms with Crippen molar-refractivity contribution in [1.82, 2.24) is 10.2 Å². The van der Waals surface area contributed by atoms with E-state index in [0.29, 0.717) is 25.1 Å². The van der Waals surface area contributed by atoms with E-state index in [1.807, 2.05) is 30.3 Å². The molecule has 0 aliphatic carbocycles. The number of anilines is 1. The van der Waals surface area contributed by atoms with E-state index in [1.54, 1.807) is 42.5 Å². The molecule has 1 heterocycles. The van der Waals surface area contributed by atoms with E-state index in [2.05, 4.69) is 5.32 Å². The van der Waals surface area contributed by atoms with Crippen LogP contribution in [-0.2, 0) is 20.8 Å². The number of likely N-dealkylation sites (tertiary alicyclic amines) is 1. The van der Waals surface area contributed by atoms with Crippen molar-refractivity contribution in [1.29, 1.82) is 0 Å². The molecule has 0 radical (unpaired) electrons. The van der Waals surface area contributed by atoms with Crippen molar-refractivity contribution in [3.8, 4) is 0 Å². The zero-order valence-electron chi connectivity index (χ0n) is 17.9. The van der Waals surface area contributed by atoms with Gasteiger partial charge in [0.1, 0.15) is 23.1 Å². The Morgan fingerprint density at radius 3 is 2.34 bits per heavy atom. The largest absolute Gasteiger partial charge is 0.342 e. The lowest BCUT2D eigenvalue weighted by Crippen LogP contribution is -2.82. The lowest BCUT2D eigenvalue weighted by molar-refractivity contribution is -0.484. The number of hydrazine groups is 1. The average molecular weight is 439 g/mol. The summed E-state index contributed by atoms with van der Waals surface area (Å²) in [5.74, 6) is -1.35. The molecular weight excluding hydrogens is 410 g/mol. The van der Waals surface area contributed by atoms with Gasteiger partial charge in [-0.25, -0.2) is 0 Å². The highest BCUT2D eigenvalue weighted by molar-refractivity contribution is 5.98. The molecule has 1 aliphatic rings. The van der Waals surface area contributed by atoms with E-state index in [0.717, 1.165) is 10.6 Å². The Balaban J connectivity index is 1.84. The van der Waals surface area contributed by atoms with E-state index < -0.39 is 29.9 Å². The molecule has 0 spiro atoms. The summed E-state index contributed by atoms with van der Waals surface area (Å²) in [6.45, 7) is 2.02. The van der Waals surface area contributed by atoms with Gasteiger partial charge in [-0.15, -0.1) is 0 Å². The summed E-state index contributed by atoms with van der Waals surface area (Å²) in [6.07, 6.45) is 1.34.